The van der Waals surface area contributed by atoms with Crippen LogP contribution in [0.1, 0.15) is 5.56 Å². The van der Waals surface area contributed by atoms with E-state index in [9.17, 15) is 25.2 Å². The zero-order chi connectivity index (χ0) is 17.0. The predicted molar refractivity (Wildman–Crippen MR) is 77.5 cm³/mol. The van der Waals surface area contributed by atoms with Crippen molar-refractivity contribution in [2.24, 2.45) is 0 Å². The van der Waals surface area contributed by atoms with Crippen molar-refractivity contribution in [3.8, 4) is 11.5 Å². The van der Waals surface area contributed by atoms with Gasteiger partial charge in [-0.25, -0.2) is 4.79 Å². The number of aromatic hydroxyl groups is 1. The summed E-state index contributed by atoms with van der Waals surface area (Å²) < 4.78 is 14.7. The Morgan fingerprint density at radius 3 is 2.65 bits per heavy atom. The summed E-state index contributed by atoms with van der Waals surface area (Å²) >= 11 is 0. The van der Waals surface area contributed by atoms with Crippen molar-refractivity contribution in [2.45, 2.75) is 24.6 Å². The van der Waals surface area contributed by atoms with Crippen LogP contribution in [0, 0.1) is 0 Å². The number of methoxy groups -OCH3 is 1. The second-order valence-electron chi connectivity index (χ2n) is 4.94. The van der Waals surface area contributed by atoms with Gasteiger partial charge in [-0.15, -0.1) is 0 Å². The maximum atomic E-state index is 11.6. The van der Waals surface area contributed by atoms with Gasteiger partial charge in [0, 0.05) is 6.08 Å². The first-order chi connectivity index (χ1) is 10.9. The van der Waals surface area contributed by atoms with E-state index < -0.39 is 30.6 Å². The van der Waals surface area contributed by atoms with E-state index in [4.69, 9.17) is 14.2 Å². The summed E-state index contributed by atoms with van der Waals surface area (Å²) in [5.74, 6) is -0.439. The van der Waals surface area contributed by atoms with Crippen molar-refractivity contribution in [3.63, 3.8) is 0 Å². The number of carbonyl (C=O) groups is 1. The molecule has 0 aliphatic carbocycles. The van der Waals surface area contributed by atoms with E-state index in [1.54, 1.807) is 6.07 Å². The van der Waals surface area contributed by atoms with Gasteiger partial charge in [-0.3, -0.25) is 0 Å². The molecule has 2 rings (SSSR count). The molecule has 8 heteroatoms. The lowest BCUT2D eigenvalue weighted by Gasteiger charge is -2.13. The topological polar surface area (TPSA) is 126 Å². The number of aliphatic hydroxyl groups excluding tert-OH is 3. The van der Waals surface area contributed by atoms with Gasteiger partial charge in [0.2, 0.25) is 0 Å². The molecule has 1 aliphatic rings. The third-order valence-electron chi connectivity index (χ3n) is 3.34. The molecule has 1 saturated heterocycles. The van der Waals surface area contributed by atoms with Gasteiger partial charge in [0.15, 0.2) is 17.8 Å². The van der Waals surface area contributed by atoms with Crippen molar-refractivity contribution in [2.75, 3.05) is 13.7 Å². The van der Waals surface area contributed by atoms with Gasteiger partial charge in [0.25, 0.3) is 0 Å². The van der Waals surface area contributed by atoms with Crippen molar-refractivity contribution in [1.82, 2.24) is 0 Å². The SMILES string of the molecule is COc1cc(/C=C/C(=O)OC[C@@H]2O[C@@H](O)[C@H](O)[C@H]2O)ccc1O. The highest BCUT2D eigenvalue weighted by molar-refractivity contribution is 5.87. The minimum Gasteiger partial charge on any atom is -0.504 e. The van der Waals surface area contributed by atoms with Crippen LogP contribution in [0.3, 0.4) is 0 Å². The van der Waals surface area contributed by atoms with Gasteiger partial charge in [-0.05, 0) is 23.8 Å². The number of hydrogen-bond donors (Lipinski definition) is 4. The summed E-state index contributed by atoms with van der Waals surface area (Å²) in [5.41, 5.74) is 0.611. The standard InChI is InChI=1S/C15H18O8/c1-21-10-6-8(2-4-9(10)16)3-5-12(17)22-7-11-13(18)14(19)15(20)23-11/h2-6,11,13-16,18-20H,7H2,1H3/b5-3+/t11-,13-,14+,15+/m0/s1. The zero-order valence-corrected chi connectivity index (χ0v) is 12.3. The van der Waals surface area contributed by atoms with Crippen molar-refractivity contribution in [1.29, 1.82) is 0 Å². The van der Waals surface area contributed by atoms with Crippen LogP contribution in [0.25, 0.3) is 6.08 Å². The Hall–Kier alpha value is -2.13. The van der Waals surface area contributed by atoms with E-state index in [0.29, 0.717) is 5.56 Å². The molecule has 126 valence electrons. The molecule has 1 heterocycles. The second-order valence-corrected chi connectivity index (χ2v) is 4.94. The molecular weight excluding hydrogens is 308 g/mol. The third-order valence-corrected chi connectivity index (χ3v) is 3.34. The summed E-state index contributed by atoms with van der Waals surface area (Å²) in [6, 6.07) is 4.54. The highest BCUT2D eigenvalue weighted by atomic mass is 16.7. The predicted octanol–water partition coefficient (Wildman–Crippen LogP) is -0.604. The van der Waals surface area contributed by atoms with Crippen LogP contribution in [-0.4, -0.2) is 64.7 Å². The number of esters is 1. The molecule has 4 N–H and O–H groups in total. The molecule has 0 bridgehead atoms. The summed E-state index contributed by atoms with van der Waals surface area (Å²) in [6.07, 6.45) is -2.65. The molecule has 0 unspecified atom stereocenters. The van der Waals surface area contributed by atoms with Crippen LogP contribution >= 0.6 is 0 Å². The van der Waals surface area contributed by atoms with Gasteiger partial charge in [0.1, 0.15) is 24.9 Å². The number of benzene rings is 1. The maximum Gasteiger partial charge on any atom is 0.330 e. The fraction of sp³-hybridized carbons (Fsp3) is 0.400. The van der Waals surface area contributed by atoms with E-state index in [1.165, 1.54) is 25.3 Å². The first kappa shape index (κ1) is 17.2. The lowest BCUT2D eigenvalue weighted by Crippen LogP contribution is -2.34. The second kappa shape index (κ2) is 7.42. The highest BCUT2D eigenvalue weighted by Gasteiger charge is 2.42. The van der Waals surface area contributed by atoms with E-state index in [1.807, 2.05) is 0 Å². The first-order valence-electron chi connectivity index (χ1n) is 6.84. The molecule has 4 atom stereocenters. The van der Waals surface area contributed by atoms with Gasteiger partial charge >= 0.3 is 5.97 Å². The molecule has 0 amide bonds. The first-order valence-corrected chi connectivity index (χ1v) is 6.84. The zero-order valence-electron chi connectivity index (χ0n) is 12.3. The molecule has 0 spiro atoms. The number of hydrogen-bond acceptors (Lipinski definition) is 8. The summed E-state index contributed by atoms with van der Waals surface area (Å²) in [6.45, 7) is -0.308. The maximum absolute atomic E-state index is 11.6. The van der Waals surface area contributed by atoms with E-state index in [-0.39, 0.29) is 18.1 Å². The molecular formula is C15H18O8. The average molecular weight is 326 g/mol. The Morgan fingerprint density at radius 1 is 1.30 bits per heavy atom. The van der Waals surface area contributed by atoms with Gasteiger partial charge in [-0.2, -0.15) is 0 Å². The fourth-order valence-electron chi connectivity index (χ4n) is 2.04. The van der Waals surface area contributed by atoms with E-state index in [2.05, 4.69) is 0 Å². The molecule has 1 aliphatic heterocycles. The quantitative estimate of drug-likeness (QED) is 0.417. The number of aliphatic hydroxyl groups is 3. The van der Waals surface area contributed by atoms with Crippen molar-refractivity contribution >= 4 is 12.0 Å². The van der Waals surface area contributed by atoms with Crippen molar-refractivity contribution < 1.29 is 39.4 Å². The monoisotopic (exact) mass is 326 g/mol. The smallest absolute Gasteiger partial charge is 0.330 e. The Bertz CT molecular complexity index is 585. The Kier molecular flexibility index (Phi) is 5.56. The van der Waals surface area contributed by atoms with Crippen LogP contribution < -0.4 is 4.74 Å². The number of phenols is 1. The molecule has 8 nitrogen and oxygen atoms in total. The molecule has 1 aromatic carbocycles. The van der Waals surface area contributed by atoms with E-state index in [0.717, 1.165) is 6.08 Å². The minimum absolute atomic E-state index is 0.0169. The van der Waals surface area contributed by atoms with Crippen LogP contribution in [0.5, 0.6) is 11.5 Å². The number of rotatable bonds is 5. The summed E-state index contributed by atoms with van der Waals surface area (Å²) in [5, 5.41) is 37.5. The van der Waals surface area contributed by atoms with Gasteiger partial charge in [-0.1, -0.05) is 6.07 Å². The molecule has 1 fully saturated rings. The minimum atomic E-state index is -1.51. The molecule has 0 saturated carbocycles. The fourth-order valence-corrected chi connectivity index (χ4v) is 2.04. The van der Waals surface area contributed by atoms with E-state index >= 15 is 0 Å². The van der Waals surface area contributed by atoms with Gasteiger partial charge in [0.05, 0.1) is 7.11 Å². The Balaban J connectivity index is 1.87. The average Bonchev–Trinajstić information content (AvgIpc) is 2.79. The van der Waals surface area contributed by atoms with Gasteiger partial charge < -0.3 is 34.6 Å². The van der Waals surface area contributed by atoms with Crippen LogP contribution in [0.4, 0.5) is 0 Å². The number of carbonyl (C=O) groups excluding carboxylic acids is 1. The molecule has 0 aromatic heterocycles. The molecule has 0 radical (unpaired) electrons. The third kappa shape index (κ3) is 4.20. The largest absolute Gasteiger partial charge is 0.504 e. The number of phenolic OH excluding ortho intramolecular Hbond substituents is 1. The van der Waals surface area contributed by atoms with Crippen molar-refractivity contribution in [3.05, 3.63) is 29.8 Å². The Labute approximate surface area is 132 Å². The normalized spacial score (nSPS) is 27.3. The van der Waals surface area contributed by atoms with Crippen LogP contribution in [-0.2, 0) is 14.3 Å². The summed E-state index contributed by atoms with van der Waals surface area (Å²) in [7, 11) is 1.41. The summed E-state index contributed by atoms with van der Waals surface area (Å²) in [4.78, 5) is 11.6. The Morgan fingerprint density at radius 2 is 2.04 bits per heavy atom. The molecule has 23 heavy (non-hydrogen) atoms. The number of ether oxygens (including phenoxy) is 3. The molecule has 1 aromatic rings. The lowest BCUT2D eigenvalue weighted by atomic mass is 10.1. The van der Waals surface area contributed by atoms with Crippen LogP contribution in [0.15, 0.2) is 24.3 Å². The van der Waals surface area contributed by atoms with Crippen LogP contribution in [0.2, 0.25) is 0 Å². The highest BCUT2D eigenvalue weighted by Crippen LogP contribution is 2.26. The lowest BCUT2D eigenvalue weighted by molar-refractivity contribution is -0.153.